The third kappa shape index (κ3) is 2.69. The number of aryl methyl sites for hydroxylation is 1. The average Bonchev–Trinajstić information content (AvgIpc) is 2.41. The predicted molar refractivity (Wildman–Crippen MR) is 67.2 cm³/mol. The van der Waals surface area contributed by atoms with Crippen molar-refractivity contribution in [1.29, 1.82) is 5.26 Å². The third-order valence-corrected chi connectivity index (χ3v) is 2.45. The first-order chi connectivity index (χ1) is 9.11. The van der Waals surface area contributed by atoms with Gasteiger partial charge in [0.2, 0.25) is 0 Å². The summed E-state index contributed by atoms with van der Waals surface area (Å²) in [6, 6.07) is 10.2. The molecule has 1 N–H and O–H groups in total. The molecule has 0 unspecified atom stereocenters. The molecule has 2 rings (SSSR count). The SMILES string of the molecule is Cc1ccc(Oc2cccnc2C(=O)O)c(C#N)c1. The standard InChI is InChI=1S/C14H10N2O3/c1-9-4-5-11(10(7-9)8-15)19-12-3-2-6-16-13(12)14(17)18/h2-7H,1H3,(H,17,18). The Morgan fingerprint density at radius 1 is 1.37 bits per heavy atom. The molecule has 0 saturated carbocycles. The van der Waals surface area contributed by atoms with E-state index in [1.165, 1.54) is 12.3 Å². The molecular weight excluding hydrogens is 244 g/mol. The van der Waals surface area contributed by atoms with Gasteiger partial charge in [0, 0.05) is 6.20 Å². The quantitative estimate of drug-likeness (QED) is 0.910. The molecule has 2 aromatic rings. The van der Waals surface area contributed by atoms with E-state index >= 15 is 0 Å². The minimum atomic E-state index is -1.18. The Morgan fingerprint density at radius 3 is 2.84 bits per heavy atom. The number of pyridine rings is 1. The summed E-state index contributed by atoms with van der Waals surface area (Å²) in [7, 11) is 0. The van der Waals surface area contributed by atoms with E-state index in [4.69, 9.17) is 15.1 Å². The highest BCUT2D eigenvalue weighted by Crippen LogP contribution is 2.27. The Hall–Kier alpha value is -2.87. The summed E-state index contributed by atoms with van der Waals surface area (Å²) in [5.41, 5.74) is 1.08. The maximum atomic E-state index is 11.0. The lowest BCUT2D eigenvalue weighted by atomic mass is 10.1. The predicted octanol–water partition coefficient (Wildman–Crippen LogP) is 2.75. The van der Waals surface area contributed by atoms with Crippen LogP contribution in [0.2, 0.25) is 0 Å². The number of hydrogen-bond donors (Lipinski definition) is 1. The molecule has 0 radical (unpaired) electrons. The number of rotatable bonds is 3. The first kappa shape index (κ1) is 12.6. The Bertz CT molecular complexity index is 675. The molecule has 94 valence electrons. The van der Waals surface area contributed by atoms with E-state index in [-0.39, 0.29) is 11.4 Å². The number of carboxylic acid groups (broad SMARTS) is 1. The van der Waals surface area contributed by atoms with Crippen molar-refractivity contribution in [2.75, 3.05) is 0 Å². The molecule has 0 atom stereocenters. The molecule has 0 fully saturated rings. The largest absolute Gasteiger partial charge is 0.476 e. The van der Waals surface area contributed by atoms with Crippen molar-refractivity contribution in [3.63, 3.8) is 0 Å². The van der Waals surface area contributed by atoms with Crippen LogP contribution in [0.3, 0.4) is 0 Å². The number of ether oxygens (including phenoxy) is 1. The molecule has 5 heteroatoms. The van der Waals surface area contributed by atoms with Crippen molar-refractivity contribution in [2.24, 2.45) is 0 Å². The van der Waals surface area contributed by atoms with Crippen LogP contribution in [0.25, 0.3) is 0 Å². The maximum absolute atomic E-state index is 11.0. The monoisotopic (exact) mass is 254 g/mol. The highest BCUT2D eigenvalue weighted by molar-refractivity contribution is 5.88. The number of nitriles is 1. The fourth-order valence-corrected chi connectivity index (χ4v) is 1.57. The summed E-state index contributed by atoms with van der Waals surface area (Å²) >= 11 is 0. The Kier molecular flexibility index (Phi) is 3.44. The van der Waals surface area contributed by atoms with Crippen molar-refractivity contribution in [3.05, 3.63) is 53.3 Å². The Balaban J connectivity index is 2.43. The second kappa shape index (κ2) is 5.19. The Labute approximate surface area is 109 Å². The van der Waals surface area contributed by atoms with E-state index in [2.05, 4.69) is 4.98 Å². The van der Waals surface area contributed by atoms with E-state index < -0.39 is 5.97 Å². The number of carbonyl (C=O) groups is 1. The molecule has 1 aromatic carbocycles. The average molecular weight is 254 g/mol. The van der Waals surface area contributed by atoms with Gasteiger partial charge in [-0.25, -0.2) is 9.78 Å². The zero-order valence-electron chi connectivity index (χ0n) is 10.1. The molecule has 1 heterocycles. The molecule has 0 aliphatic carbocycles. The molecule has 0 spiro atoms. The van der Waals surface area contributed by atoms with E-state index in [1.54, 1.807) is 24.3 Å². The molecule has 5 nitrogen and oxygen atoms in total. The smallest absolute Gasteiger partial charge is 0.358 e. The minimum Gasteiger partial charge on any atom is -0.476 e. The van der Waals surface area contributed by atoms with Crippen LogP contribution in [0.15, 0.2) is 36.5 Å². The van der Waals surface area contributed by atoms with Gasteiger partial charge in [-0.3, -0.25) is 0 Å². The molecule has 1 aromatic heterocycles. The van der Waals surface area contributed by atoms with Crippen molar-refractivity contribution < 1.29 is 14.6 Å². The van der Waals surface area contributed by atoms with E-state index in [9.17, 15) is 4.79 Å². The van der Waals surface area contributed by atoms with E-state index in [0.29, 0.717) is 11.3 Å². The Morgan fingerprint density at radius 2 is 2.16 bits per heavy atom. The van der Waals surface area contributed by atoms with Gasteiger partial charge in [-0.15, -0.1) is 0 Å². The topological polar surface area (TPSA) is 83.2 Å². The van der Waals surface area contributed by atoms with Gasteiger partial charge in [0.15, 0.2) is 11.4 Å². The summed E-state index contributed by atoms with van der Waals surface area (Å²) in [6.07, 6.45) is 1.37. The highest BCUT2D eigenvalue weighted by Gasteiger charge is 2.14. The van der Waals surface area contributed by atoms with Crippen molar-refractivity contribution in [1.82, 2.24) is 4.98 Å². The second-order valence-corrected chi connectivity index (χ2v) is 3.87. The molecule has 0 aliphatic heterocycles. The van der Waals surface area contributed by atoms with Crippen LogP contribution in [0.1, 0.15) is 21.6 Å². The van der Waals surface area contributed by atoms with Gasteiger partial charge in [-0.2, -0.15) is 5.26 Å². The normalized spacial score (nSPS) is 9.68. The number of aromatic carboxylic acids is 1. The van der Waals surface area contributed by atoms with Crippen molar-refractivity contribution in [3.8, 4) is 17.6 Å². The van der Waals surface area contributed by atoms with Gasteiger partial charge in [-0.05, 0) is 36.8 Å². The first-order valence-electron chi connectivity index (χ1n) is 5.48. The number of hydrogen-bond acceptors (Lipinski definition) is 4. The van der Waals surface area contributed by atoms with Crippen LogP contribution in [0.4, 0.5) is 0 Å². The summed E-state index contributed by atoms with van der Waals surface area (Å²) in [4.78, 5) is 14.8. The van der Waals surface area contributed by atoms with Crippen LogP contribution in [-0.2, 0) is 0 Å². The molecule has 0 amide bonds. The fraction of sp³-hybridized carbons (Fsp3) is 0.0714. The van der Waals surface area contributed by atoms with Crippen LogP contribution in [-0.4, -0.2) is 16.1 Å². The molecule has 19 heavy (non-hydrogen) atoms. The lowest BCUT2D eigenvalue weighted by Gasteiger charge is -2.09. The summed E-state index contributed by atoms with van der Waals surface area (Å²) in [5.74, 6) is -0.764. The van der Waals surface area contributed by atoms with Gasteiger partial charge >= 0.3 is 5.97 Å². The van der Waals surface area contributed by atoms with Gasteiger partial charge < -0.3 is 9.84 Å². The van der Waals surface area contributed by atoms with Gasteiger partial charge in [0.05, 0.1) is 5.56 Å². The number of benzene rings is 1. The zero-order valence-corrected chi connectivity index (χ0v) is 10.1. The lowest BCUT2D eigenvalue weighted by molar-refractivity contribution is 0.0687. The van der Waals surface area contributed by atoms with Gasteiger partial charge in [0.25, 0.3) is 0 Å². The molecular formula is C14H10N2O3. The van der Waals surface area contributed by atoms with Gasteiger partial charge in [0.1, 0.15) is 11.8 Å². The summed E-state index contributed by atoms with van der Waals surface area (Å²) in [5, 5.41) is 18.0. The van der Waals surface area contributed by atoms with E-state index in [0.717, 1.165) is 5.56 Å². The third-order valence-electron chi connectivity index (χ3n) is 2.45. The van der Waals surface area contributed by atoms with Crippen LogP contribution >= 0.6 is 0 Å². The first-order valence-corrected chi connectivity index (χ1v) is 5.48. The molecule has 0 bridgehead atoms. The summed E-state index contributed by atoms with van der Waals surface area (Å²) < 4.78 is 5.48. The van der Waals surface area contributed by atoms with Crippen LogP contribution in [0.5, 0.6) is 11.5 Å². The van der Waals surface area contributed by atoms with Crippen molar-refractivity contribution in [2.45, 2.75) is 6.92 Å². The fourth-order valence-electron chi connectivity index (χ4n) is 1.57. The zero-order chi connectivity index (χ0) is 13.8. The second-order valence-electron chi connectivity index (χ2n) is 3.87. The van der Waals surface area contributed by atoms with Crippen LogP contribution in [0, 0.1) is 18.3 Å². The highest BCUT2D eigenvalue weighted by atomic mass is 16.5. The van der Waals surface area contributed by atoms with Gasteiger partial charge in [-0.1, -0.05) is 6.07 Å². The minimum absolute atomic E-state index is 0.107. The number of aromatic nitrogens is 1. The number of carboxylic acids is 1. The lowest BCUT2D eigenvalue weighted by Crippen LogP contribution is -2.03. The molecule has 0 saturated heterocycles. The maximum Gasteiger partial charge on any atom is 0.358 e. The number of nitrogens with zero attached hydrogens (tertiary/aromatic N) is 2. The van der Waals surface area contributed by atoms with E-state index in [1.807, 2.05) is 13.0 Å². The summed E-state index contributed by atoms with van der Waals surface area (Å²) in [6.45, 7) is 1.86. The van der Waals surface area contributed by atoms with Crippen molar-refractivity contribution >= 4 is 5.97 Å². The van der Waals surface area contributed by atoms with Crippen LogP contribution < -0.4 is 4.74 Å². The molecule has 0 aliphatic rings.